The number of hydrogen-bond donors (Lipinski definition) is 0. The van der Waals surface area contributed by atoms with Crippen LogP contribution in [-0.2, 0) is 17.1 Å². The van der Waals surface area contributed by atoms with Crippen LogP contribution in [0, 0.1) is 23.7 Å². The molecule has 0 rings (SSSR count). The summed E-state index contributed by atoms with van der Waals surface area (Å²) in [5.41, 5.74) is 0. The molecule has 0 aromatic rings. The van der Waals surface area contributed by atoms with Crippen LogP contribution >= 0.6 is 0 Å². The van der Waals surface area contributed by atoms with E-state index in [-0.39, 0.29) is 33.5 Å². The Morgan fingerprint density at radius 2 is 0.625 bits per heavy atom. The van der Waals surface area contributed by atoms with Crippen molar-refractivity contribution in [3.05, 3.63) is 13.1 Å². The van der Waals surface area contributed by atoms with Gasteiger partial charge >= 0.3 is 17.1 Å². The Bertz CT molecular complexity index is 30.8. The number of rotatable bonds is 0. The average molecular weight is 162 g/mol. The molecule has 0 heterocycles. The largest absolute Gasteiger partial charge is 2.00 e. The van der Waals surface area contributed by atoms with Crippen LogP contribution in [0.5, 0.6) is 0 Å². The Labute approximate surface area is 57.9 Å². The van der Waals surface area contributed by atoms with Crippen molar-refractivity contribution in [2.45, 2.75) is 0 Å². The van der Waals surface area contributed by atoms with Gasteiger partial charge in [-0.2, -0.15) is 0 Å². The normalized spacial score (nSPS) is 0.500. The molecule has 0 bridgehead atoms. The molecule has 0 saturated carbocycles. The van der Waals surface area contributed by atoms with Crippen molar-refractivity contribution < 1.29 is 33.5 Å². The van der Waals surface area contributed by atoms with E-state index >= 15 is 0 Å². The van der Waals surface area contributed by atoms with Crippen molar-refractivity contribution in [2.24, 2.45) is 0 Å². The summed E-state index contributed by atoms with van der Waals surface area (Å²) < 4.78 is 0. The minimum atomic E-state index is 0. The third kappa shape index (κ3) is 268. The molecule has 0 aromatic carbocycles. The first-order valence-corrected chi connectivity index (χ1v) is 0.447. The van der Waals surface area contributed by atoms with Gasteiger partial charge in [0, 0.05) is 0 Å². The molecule has 0 aliphatic carbocycles. The second-order valence-corrected chi connectivity index (χ2v) is 0. The number of hydrogen-bond acceptors (Lipinski definition) is 2. The monoisotopic (exact) mass is 162 g/mol. The second kappa shape index (κ2) is 479. The summed E-state index contributed by atoms with van der Waals surface area (Å²) in [4.78, 5) is 0. The van der Waals surface area contributed by atoms with E-state index in [1.807, 2.05) is 0 Å². The van der Waals surface area contributed by atoms with Crippen molar-refractivity contribution in [2.75, 3.05) is 0 Å². The number of nitrogens with zero attached hydrogens (tertiary/aromatic N) is 2. The molecule has 0 aliphatic heterocycles. The molecule has 50 valence electrons. The molecule has 0 amide bonds. The van der Waals surface area contributed by atoms with E-state index in [9.17, 15) is 0 Å². The molecule has 0 saturated heterocycles. The predicted molar refractivity (Wildman–Crippen MR) is 20.8 cm³/mol. The molecular formula is C2H6FeN2O3. The smallest absolute Gasteiger partial charge is 0.512 e. The average Bonchev–Trinajstić information content (AvgIpc) is 1.50. The van der Waals surface area contributed by atoms with Crippen LogP contribution in [-0.4, -0.2) is 16.4 Å². The minimum absolute atomic E-state index is 0. The first kappa shape index (κ1) is 158. The van der Waals surface area contributed by atoms with Crippen LogP contribution in [0.1, 0.15) is 0 Å². The van der Waals surface area contributed by atoms with Gasteiger partial charge < -0.3 is 40.1 Å². The van der Waals surface area contributed by atoms with E-state index in [4.69, 9.17) is 23.7 Å². The molecule has 0 atom stereocenters. The molecule has 0 aliphatic rings. The standard InChI is InChI=1S/2CN.Fe.3H2O/c2*1-2;;;;/h;;;3*1H2/q2*-1;+2;;;. The van der Waals surface area contributed by atoms with Gasteiger partial charge in [-0.05, 0) is 0 Å². The minimum Gasteiger partial charge on any atom is -0.512 e. The topological polar surface area (TPSA) is 142 Å². The summed E-state index contributed by atoms with van der Waals surface area (Å²) in [6.45, 7) is 9.50. The molecule has 0 spiro atoms. The zero-order chi connectivity index (χ0) is 4.00. The van der Waals surface area contributed by atoms with Gasteiger partial charge in [0.1, 0.15) is 0 Å². The summed E-state index contributed by atoms with van der Waals surface area (Å²) in [6.07, 6.45) is 0. The maximum atomic E-state index is 6.25. The maximum Gasteiger partial charge on any atom is 2.00 e. The molecule has 6 N–H and O–H groups in total. The zero-order valence-corrected chi connectivity index (χ0v) is 4.85. The van der Waals surface area contributed by atoms with Gasteiger partial charge in [0.25, 0.3) is 0 Å². The SMILES string of the molecule is O.O.O.[C-]#N.[C-]#N.[Fe+2]. The van der Waals surface area contributed by atoms with Gasteiger partial charge in [0.2, 0.25) is 0 Å². The van der Waals surface area contributed by atoms with Crippen LogP contribution in [0.15, 0.2) is 0 Å². The molecular weight excluding hydrogens is 156 g/mol. The second-order valence-electron chi connectivity index (χ2n) is 0. The van der Waals surface area contributed by atoms with E-state index in [0.29, 0.717) is 0 Å². The summed E-state index contributed by atoms with van der Waals surface area (Å²) in [7, 11) is 0. The Balaban J connectivity index is -0.00000000167. The summed E-state index contributed by atoms with van der Waals surface area (Å²) in [5, 5.41) is 12.5. The first-order chi connectivity index (χ1) is 2.00. The van der Waals surface area contributed by atoms with E-state index in [1.54, 1.807) is 0 Å². The van der Waals surface area contributed by atoms with Crippen molar-refractivity contribution in [3.63, 3.8) is 0 Å². The summed E-state index contributed by atoms with van der Waals surface area (Å²) in [6, 6.07) is 0. The van der Waals surface area contributed by atoms with E-state index in [1.165, 1.54) is 0 Å². The molecule has 0 unspecified atom stereocenters. The molecule has 8 heavy (non-hydrogen) atoms. The first-order valence-electron chi connectivity index (χ1n) is 0.447. The van der Waals surface area contributed by atoms with E-state index in [0.717, 1.165) is 0 Å². The van der Waals surface area contributed by atoms with Crippen molar-refractivity contribution in [1.82, 2.24) is 0 Å². The van der Waals surface area contributed by atoms with Crippen molar-refractivity contribution in [1.29, 1.82) is 10.5 Å². The van der Waals surface area contributed by atoms with Gasteiger partial charge in [-0.3, -0.25) is 0 Å². The zero-order valence-electron chi connectivity index (χ0n) is 3.75. The molecule has 0 fully saturated rings. The molecule has 5 nitrogen and oxygen atoms in total. The Kier molecular flexibility index (Phi) is 9460. The van der Waals surface area contributed by atoms with E-state index < -0.39 is 0 Å². The van der Waals surface area contributed by atoms with Gasteiger partial charge in [-0.1, -0.05) is 0 Å². The van der Waals surface area contributed by atoms with Crippen LogP contribution in [0.2, 0.25) is 0 Å². The van der Waals surface area contributed by atoms with Gasteiger partial charge in [0.15, 0.2) is 0 Å². The Hall–Kier alpha value is -0.621. The van der Waals surface area contributed by atoms with Crippen LogP contribution < -0.4 is 0 Å². The third-order valence-corrected chi connectivity index (χ3v) is 0. The van der Waals surface area contributed by atoms with Gasteiger partial charge in [-0.25, -0.2) is 0 Å². The van der Waals surface area contributed by atoms with Crippen molar-refractivity contribution in [3.8, 4) is 0 Å². The maximum absolute atomic E-state index is 6.25. The van der Waals surface area contributed by atoms with Gasteiger partial charge in [0.05, 0.1) is 0 Å². The summed E-state index contributed by atoms with van der Waals surface area (Å²) in [5.74, 6) is 0. The molecule has 0 aromatic heterocycles. The predicted octanol–water partition coefficient (Wildman–Crippen LogP) is -2.28. The van der Waals surface area contributed by atoms with Gasteiger partial charge in [-0.15, -0.1) is 0 Å². The summed E-state index contributed by atoms with van der Waals surface area (Å²) >= 11 is 0. The molecule has 0 radical (unpaired) electrons. The molecule has 6 heteroatoms. The van der Waals surface area contributed by atoms with Crippen LogP contribution in [0.25, 0.3) is 0 Å². The Morgan fingerprint density at radius 3 is 0.625 bits per heavy atom. The van der Waals surface area contributed by atoms with Crippen molar-refractivity contribution >= 4 is 0 Å². The fourth-order valence-electron chi connectivity index (χ4n) is 0. The Morgan fingerprint density at radius 1 is 0.625 bits per heavy atom. The van der Waals surface area contributed by atoms with E-state index in [2.05, 4.69) is 0 Å². The quantitative estimate of drug-likeness (QED) is 0.292. The fraction of sp³-hybridized carbons (Fsp3) is 0. The third-order valence-electron chi connectivity index (χ3n) is 0. The van der Waals surface area contributed by atoms with Crippen LogP contribution in [0.4, 0.5) is 0 Å². The fourth-order valence-corrected chi connectivity index (χ4v) is 0. The van der Waals surface area contributed by atoms with Crippen LogP contribution in [0.3, 0.4) is 0 Å².